The minimum Gasteiger partial charge on any atom is -0.308 e. The molecule has 1 N–H and O–H groups in total. The summed E-state index contributed by atoms with van der Waals surface area (Å²) < 4.78 is 0. The predicted molar refractivity (Wildman–Crippen MR) is 80.6 cm³/mol. The van der Waals surface area contributed by atoms with Crippen LogP contribution in [-0.4, -0.2) is 31.1 Å². The lowest BCUT2D eigenvalue weighted by Gasteiger charge is -2.34. The Hall–Kier alpha value is -0.280. The molecule has 0 aromatic heterocycles. The summed E-state index contributed by atoms with van der Waals surface area (Å²) in [6.45, 7) is 7.38. The highest BCUT2D eigenvalue weighted by Gasteiger charge is 2.21. The van der Waals surface area contributed by atoms with Gasteiger partial charge in [-0.1, -0.05) is 35.3 Å². The number of likely N-dealkylation sites (N-methyl/N-ethyl adjacent to an activating group) is 1. The molecule has 102 valence electrons. The fourth-order valence-electron chi connectivity index (χ4n) is 1.53. The molecule has 0 spiro atoms. The van der Waals surface area contributed by atoms with Gasteiger partial charge in [-0.05, 0) is 46.5 Å². The summed E-state index contributed by atoms with van der Waals surface area (Å²) in [6.07, 6.45) is 0. The molecule has 0 heterocycles. The normalized spacial score (nSPS) is 14.0. The number of nitrogens with one attached hydrogen (secondary N) is 1. The van der Waals surface area contributed by atoms with Crippen molar-refractivity contribution in [1.29, 1.82) is 0 Å². The van der Waals surface area contributed by atoms with E-state index in [-0.39, 0.29) is 11.6 Å². The molecule has 18 heavy (non-hydrogen) atoms. The second-order valence-electron chi connectivity index (χ2n) is 5.45. The first kappa shape index (κ1) is 15.8. The number of benzene rings is 1. The predicted octanol–water partition coefficient (Wildman–Crippen LogP) is 3.98. The van der Waals surface area contributed by atoms with Crippen LogP contribution in [0, 0.1) is 0 Å². The van der Waals surface area contributed by atoms with Gasteiger partial charge in [0.2, 0.25) is 0 Å². The van der Waals surface area contributed by atoms with Crippen LogP contribution in [-0.2, 0) is 0 Å². The largest absolute Gasteiger partial charge is 0.308 e. The van der Waals surface area contributed by atoms with E-state index < -0.39 is 0 Å². The zero-order valence-corrected chi connectivity index (χ0v) is 13.2. The van der Waals surface area contributed by atoms with Crippen molar-refractivity contribution in [2.24, 2.45) is 0 Å². The Morgan fingerprint density at radius 3 is 2.44 bits per heavy atom. The first-order valence-corrected chi connectivity index (χ1v) is 6.86. The molecule has 0 saturated heterocycles. The molecule has 0 aliphatic rings. The molecule has 1 aromatic rings. The summed E-state index contributed by atoms with van der Waals surface area (Å²) >= 11 is 12.2. The molecule has 0 saturated carbocycles. The fraction of sp³-hybridized carbons (Fsp3) is 0.571. The van der Waals surface area contributed by atoms with Gasteiger partial charge in [0.15, 0.2) is 0 Å². The first-order valence-electron chi connectivity index (χ1n) is 6.10. The summed E-state index contributed by atoms with van der Waals surface area (Å²) in [7, 11) is 4.16. The van der Waals surface area contributed by atoms with E-state index in [4.69, 9.17) is 23.2 Å². The molecule has 1 atom stereocenters. The molecule has 0 aliphatic carbocycles. The number of halogens is 2. The molecule has 0 radical (unpaired) electrons. The van der Waals surface area contributed by atoms with Crippen molar-refractivity contribution in [3.63, 3.8) is 0 Å². The van der Waals surface area contributed by atoms with Crippen LogP contribution in [0.4, 0.5) is 0 Å². The maximum Gasteiger partial charge on any atom is 0.0639 e. The average molecular weight is 289 g/mol. The standard InChI is InChI=1S/C14H22Cl2N2/c1-10(17-9-14(2,3)18(4)5)11-7-6-8-12(15)13(11)16/h6-8,10,17H,9H2,1-5H3. The highest BCUT2D eigenvalue weighted by atomic mass is 35.5. The highest BCUT2D eigenvalue weighted by molar-refractivity contribution is 6.42. The summed E-state index contributed by atoms with van der Waals surface area (Å²) in [6, 6.07) is 5.92. The third-order valence-electron chi connectivity index (χ3n) is 3.50. The minimum atomic E-state index is 0.0965. The van der Waals surface area contributed by atoms with Gasteiger partial charge < -0.3 is 10.2 Å². The van der Waals surface area contributed by atoms with Gasteiger partial charge in [-0.3, -0.25) is 0 Å². The molecule has 0 bridgehead atoms. The smallest absolute Gasteiger partial charge is 0.0639 e. The second-order valence-corrected chi connectivity index (χ2v) is 6.24. The van der Waals surface area contributed by atoms with Crippen LogP contribution in [0.15, 0.2) is 18.2 Å². The zero-order valence-electron chi connectivity index (χ0n) is 11.7. The number of hydrogen-bond acceptors (Lipinski definition) is 2. The molecule has 2 nitrogen and oxygen atoms in total. The van der Waals surface area contributed by atoms with Gasteiger partial charge in [0, 0.05) is 18.1 Å². The van der Waals surface area contributed by atoms with Gasteiger partial charge in [-0.25, -0.2) is 0 Å². The van der Waals surface area contributed by atoms with Crippen molar-refractivity contribution < 1.29 is 0 Å². The quantitative estimate of drug-likeness (QED) is 0.882. The minimum absolute atomic E-state index is 0.0965. The van der Waals surface area contributed by atoms with Gasteiger partial charge in [0.1, 0.15) is 0 Å². The molecule has 1 unspecified atom stereocenters. The van der Waals surface area contributed by atoms with E-state index >= 15 is 0 Å². The molecule has 0 amide bonds. The van der Waals surface area contributed by atoms with Crippen LogP contribution in [0.2, 0.25) is 10.0 Å². The third-order valence-corrected chi connectivity index (χ3v) is 4.33. The molecular formula is C14H22Cl2N2. The van der Waals surface area contributed by atoms with E-state index in [1.807, 2.05) is 18.2 Å². The van der Waals surface area contributed by atoms with Crippen molar-refractivity contribution in [2.45, 2.75) is 32.4 Å². The van der Waals surface area contributed by atoms with Crippen molar-refractivity contribution in [3.8, 4) is 0 Å². The maximum atomic E-state index is 6.22. The number of hydrogen-bond donors (Lipinski definition) is 1. The molecule has 1 rings (SSSR count). The van der Waals surface area contributed by atoms with Crippen LogP contribution in [0.5, 0.6) is 0 Å². The van der Waals surface area contributed by atoms with Crippen LogP contribution in [0.3, 0.4) is 0 Å². The van der Waals surface area contributed by atoms with E-state index in [1.165, 1.54) is 0 Å². The molecule has 0 aliphatic heterocycles. The third kappa shape index (κ3) is 3.86. The monoisotopic (exact) mass is 288 g/mol. The fourth-order valence-corrected chi connectivity index (χ4v) is 2.00. The number of rotatable bonds is 5. The van der Waals surface area contributed by atoms with E-state index in [1.54, 1.807) is 0 Å². The van der Waals surface area contributed by atoms with Crippen molar-refractivity contribution >= 4 is 23.2 Å². The lowest BCUT2D eigenvalue weighted by molar-refractivity contribution is 0.185. The van der Waals surface area contributed by atoms with Crippen LogP contribution in [0.1, 0.15) is 32.4 Å². The lowest BCUT2D eigenvalue weighted by atomic mass is 10.0. The molecular weight excluding hydrogens is 267 g/mol. The van der Waals surface area contributed by atoms with Crippen LogP contribution in [0.25, 0.3) is 0 Å². The van der Waals surface area contributed by atoms with Crippen LogP contribution < -0.4 is 5.32 Å². The summed E-state index contributed by atoms with van der Waals surface area (Å²) in [4.78, 5) is 2.20. The Balaban J connectivity index is 2.72. The van der Waals surface area contributed by atoms with Crippen molar-refractivity contribution in [2.75, 3.05) is 20.6 Å². The zero-order chi connectivity index (χ0) is 13.9. The molecule has 0 fully saturated rings. The Morgan fingerprint density at radius 1 is 1.28 bits per heavy atom. The molecule has 1 aromatic carbocycles. The SMILES string of the molecule is CC(NCC(C)(C)N(C)C)c1cccc(Cl)c1Cl. The van der Waals surface area contributed by atoms with Crippen molar-refractivity contribution in [1.82, 2.24) is 10.2 Å². The van der Waals surface area contributed by atoms with E-state index in [9.17, 15) is 0 Å². The van der Waals surface area contributed by atoms with Crippen molar-refractivity contribution in [3.05, 3.63) is 33.8 Å². The Kier molecular flexibility index (Phi) is 5.47. The van der Waals surface area contributed by atoms with Gasteiger partial charge in [0.25, 0.3) is 0 Å². The highest BCUT2D eigenvalue weighted by Crippen LogP contribution is 2.29. The topological polar surface area (TPSA) is 15.3 Å². The summed E-state index contributed by atoms with van der Waals surface area (Å²) in [5.74, 6) is 0. The summed E-state index contributed by atoms with van der Waals surface area (Å²) in [5, 5.41) is 4.75. The van der Waals surface area contributed by atoms with Gasteiger partial charge >= 0.3 is 0 Å². The van der Waals surface area contributed by atoms with Gasteiger partial charge in [-0.15, -0.1) is 0 Å². The molecule has 4 heteroatoms. The number of nitrogens with zero attached hydrogens (tertiary/aromatic N) is 1. The summed E-state index contributed by atoms with van der Waals surface area (Å²) in [5.41, 5.74) is 1.14. The van der Waals surface area contributed by atoms with E-state index in [0.717, 1.165) is 12.1 Å². The van der Waals surface area contributed by atoms with Crippen LogP contribution >= 0.6 is 23.2 Å². The van der Waals surface area contributed by atoms with Gasteiger partial charge in [-0.2, -0.15) is 0 Å². The Bertz CT molecular complexity index is 403. The maximum absolute atomic E-state index is 6.22. The van der Waals surface area contributed by atoms with Gasteiger partial charge in [0.05, 0.1) is 10.0 Å². The second kappa shape index (κ2) is 6.25. The first-order chi connectivity index (χ1) is 8.25. The Labute approximate surface area is 120 Å². The van der Waals surface area contributed by atoms with E-state index in [2.05, 4.69) is 45.1 Å². The van der Waals surface area contributed by atoms with E-state index in [0.29, 0.717) is 10.0 Å². The average Bonchev–Trinajstić information content (AvgIpc) is 2.29. The lowest BCUT2D eigenvalue weighted by Crippen LogP contribution is -2.47. The Morgan fingerprint density at radius 2 is 1.89 bits per heavy atom.